The van der Waals surface area contributed by atoms with Gasteiger partial charge in [0.2, 0.25) is 5.91 Å². The van der Waals surface area contributed by atoms with E-state index in [4.69, 9.17) is 23.7 Å². The quantitative estimate of drug-likeness (QED) is 0.0616. The molecule has 9 heteroatoms. The minimum Gasteiger partial charge on any atom is -0.462 e. The van der Waals surface area contributed by atoms with E-state index in [1.807, 2.05) is 30.3 Å². The van der Waals surface area contributed by atoms with Gasteiger partial charge in [0.25, 0.3) is 0 Å². The van der Waals surface area contributed by atoms with Gasteiger partial charge in [0.05, 0.1) is 19.6 Å². The third-order valence-corrected chi connectivity index (χ3v) is 10.6. The molecule has 53 heavy (non-hydrogen) atoms. The molecular weight excluding hydrogens is 670 g/mol. The number of hydrogen-bond donors (Lipinski definition) is 2. The lowest BCUT2D eigenvalue weighted by Crippen LogP contribution is -2.68. The van der Waals surface area contributed by atoms with Crippen molar-refractivity contribution in [2.24, 2.45) is 0 Å². The van der Waals surface area contributed by atoms with Crippen LogP contribution in [0.4, 0.5) is 0 Å². The highest BCUT2D eigenvalue weighted by atomic mass is 16.8. The van der Waals surface area contributed by atoms with Crippen molar-refractivity contribution in [3.63, 3.8) is 0 Å². The van der Waals surface area contributed by atoms with Crippen molar-refractivity contribution in [2.75, 3.05) is 6.61 Å². The van der Waals surface area contributed by atoms with Gasteiger partial charge in [-0.25, -0.2) is 0 Å². The molecule has 6 atom stereocenters. The third kappa shape index (κ3) is 18.9. The largest absolute Gasteiger partial charge is 0.462 e. The molecule has 304 valence electrons. The van der Waals surface area contributed by atoms with E-state index in [9.17, 15) is 14.7 Å². The predicted molar refractivity (Wildman–Crippen MR) is 210 cm³/mol. The van der Waals surface area contributed by atoms with Gasteiger partial charge in [-0.3, -0.25) is 9.59 Å². The Kier molecular flexibility index (Phi) is 22.9. The highest BCUT2D eigenvalue weighted by Crippen LogP contribution is 2.33. The number of esters is 1. The molecule has 0 unspecified atom stereocenters. The molecular formula is C44H75NO8. The number of aliphatic hydroxyl groups is 1. The van der Waals surface area contributed by atoms with E-state index in [1.165, 1.54) is 89.9 Å². The summed E-state index contributed by atoms with van der Waals surface area (Å²) in [5.74, 6) is -1.46. The van der Waals surface area contributed by atoms with Crippen LogP contribution < -0.4 is 5.32 Å². The fraction of sp³-hybridized carbons (Fsp3) is 0.818. The minimum absolute atomic E-state index is 0.0131. The normalized spacial score (nSPS) is 22.9. The zero-order valence-electron chi connectivity index (χ0n) is 33.8. The van der Waals surface area contributed by atoms with E-state index in [1.54, 1.807) is 13.8 Å². The first-order valence-electron chi connectivity index (χ1n) is 21.5. The number of aliphatic hydroxyl groups excluding tert-OH is 1. The van der Waals surface area contributed by atoms with Gasteiger partial charge >= 0.3 is 5.97 Å². The molecule has 1 aromatic carbocycles. The van der Waals surface area contributed by atoms with Crippen LogP contribution in [0.15, 0.2) is 30.3 Å². The van der Waals surface area contributed by atoms with Crippen molar-refractivity contribution >= 4 is 11.9 Å². The monoisotopic (exact) mass is 746 g/mol. The number of benzene rings is 1. The van der Waals surface area contributed by atoms with E-state index in [2.05, 4.69) is 19.2 Å². The summed E-state index contributed by atoms with van der Waals surface area (Å²) in [6, 6.07) is 8.82. The molecule has 0 aromatic heterocycles. The molecule has 0 spiro atoms. The summed E-state index contributed by atoms with van der Waals surface area (Å²) in [6.45, 7) is 8.55. The first kappa shape index (κ1) is 45.4. The van der Waals surface area contributed by atoms with Crippen LogP contribution in [-0.2, 0) is 39.9 Å². The van der Waals surface area contributed by atoms with E-state index in [0.717, 1.165) is 44.1 Å². The number of rotatable bonds is 29. The Morgan fingerprint density at radius 2 is 1.36 bits per heavy atom. The molecule has 2 saturated heterocycles. The van der Waals surface area contributed by atoms with Gasteiger partial charge in [0, 0.05) is 6.42 Å². The maximum Gasteiger partial charge on any atom is 0.306 e. The van der Waals surface area contributed by atoms with Gasteiger partial charge in [0.15, 0.2) is 12.1 Å². The molecule has 0 bridgehead atoms. The zero-order chi connectivity index (χ0) is 38.2. The molecule has 2 aliphatic rings. The first-order chi connectivity index (χ1) is 25.7. The number of carbonyl (C=O) groups is 2. The van der Waals surface area contributed by atoms with Gasteiger partial charge in [-0.2, -0.15) is 0 Å². The molecule has 2 heterocycles. The number of hydrogen-bond acceptors (Lipinski definition) is 8. The molecule has 9 nitrogen and oxygen atoms in total. The lowest BCUT2D eigenvalue weighted by atomic mass is 9.95. The summed E-state index contributed by atoms with van der Waals surface area (Å²) < 4.78 is 30.3. The molecule has 1 amide bonds. The van der Waals surface area contributed by atoms with Crippen LogP contribution >= 0.6 is 0 Å². The maximum atomic E-state index is 13.7. The second-order valence-electron chi connectivity index (χ2n) is 15.9. The van der Waals surface area contributed by atoms with Crippen LogP contribution in [0, 0.1) is 0 Å². The Hall–Kier alpha value is -2.04. The number of unbranched alkanes of at least 4 members (excludes halogenated alkanes) is 18. The minimum atomic E-state index is -1.10. The van der Waals surface area contributed by atoms with Gasteiger partial charge in [-0.1, -0.05) is 160 Å². The van der Waals surface area contributed by atoms with Gasteiger partial charge in [0.1, 0.15) is 30.5 Å². The zero-order valence-corrected chi connectivity index (χ0v) is 33.8. The first-order valence-corrected chi connectivity index (χ1v) is 21.5. The average molecular weight is 746 g/mol. The number of fused-ring (bicyclic) bond motifs is 1. The van der Waals surface area contributed by atoms with E-state index >= 15 is 0 Å². The van der Waals surface area contributed by atoms with Crippen LogP contribution in [0.2, 0.25) is 0 Å². The summed E-state index contributed by atoms with van der Waals surface area (Å²) in [4.78, 5) is 26.7. The molecule has 3 rings (SSSR count). The Bertz CT molecular complexity index is 1100. The predicted octanol–water partition coefficient (Wildman–Crippen LogP) is 9.85. The second-order valence-corrected chi connectivity index (χ2v) is 15.9. The Morgan fingerprint density at radius 3 is 1.94 bits per heavy atom. The molecule has 2 aliphatic heterocycles. The van der Waals surface area contributed by atoms with Crippen LogP contribution in [0.3, 0.4) is 0 Å². The van der Waals surface area contributed by atoms with Crippen molar-refractivity contribution < 1.29 is 38.4 Å². The van der Waals surface area contributed by atoms with Crippen molar-refractivity contribution in [2.45, 2.75) is 225 Å². The smallest absolute Gasteiger partial charge is 0.306 e. The number of carbonyl (C=O) groups excluding carboxylic acids is 2. The van der Waals surface area contributed by atoms with Crippen LogP contribution in [-0.4, -0.2) is 66.1 Å². The van der Waals surface area contributed by atoms with E-state index in [0.29, 0.717) is 12.8 Å². The highest BCUT2D eigenvalue weighted by molar-refractivity contribution is 5.77. The second kappa shape index (κ2) is 26.7. The van der Waals surface area contributed by atoms with Gasteiger partial charge in [-0.05, 0) is 38.7 Å². The lowest BCUT2D eigenvalue weighted by molar-refractivity contribution is -0.369. The van der Waals surface area contributed by atoms with Crippen molar-refractivity contribution in [1.82, 2.24) is 5.32 Å². The SMILES string of the molecule is CCCCCCCCCCCCCC(=O)O[C@@H](CCCCCCCCCCC)CC(=O)N[C@H]1[C@H](OCc2ccccc2)O[C@@H]2COC(C)(C)O[C@H]2[C@@H]1O. The van der Waals surface area contributed by atoms with Crippen LogP contribution in [0.25, 0.3) is 0 Å². The van der Waals surface area contributed by atoms with Gasteiger partial charge in [-0.15, -0.1) is 0 Å². The maximum absolute atomic E-state index is 13.7. The lowest BCUT2D eigenvalue weighted by Gasteiger charge is -2.49. The van der Waals surface area contributed by atoms with Gasteiger partial charge < -0.3 is 34.1 Å². The molecule has 2 fully saturated rings. The summed E-state index contributed by atoms with van der Waals surface area (Å²) in [5, 5.41) is 14.6. The summed E-state index contributed by atoms with van der Waals surface area (Å²) >= 11 is 0. The topological polar surface area (TPSA) is 113 Å². The fourth-order valence-corrected chi connectivity index (χ4v) is 7.41. The highest BCUT2D eigenvalue weighted by Gasteiger charge is 2.51. The Morgan fingerprint density at radius 1 is 0.811 bits per heavy atom. The van der Waals surface area contributed by atoms with Crippen molar-refractivity contribution in [3.8, 4) is 0 Å². The fourth-order valence-electron chi connectivity index (χ4n) is 7.41. The van der Waals surface area contributed by atoms with Crippen LogP contribution in [0.1, 0.15) is 181 Å². The summed E-state index contributed by atoms with van der Waals surface area (Å²) in [6.07, 6.45) is 21.3. The Balaban J connectivity index is 1.53. The molecule has 0 aliphatic carbocycles. The number of nitrogens with one attached hydrogen (secondary N) is 1. The summed E-state index contributed by atoms with van der Waals surface area (Å²) in [7, 11) is 0. The average Bonchev–Trinajstić information content (AvgIpc) is 3.14. The summed E-state index contributed by atoms with van der Waals surface area (Å²) in [5.41, 5.74) is 0.945. The number of ether oxygens (including phenoxy) is 5. The van der Waals surface area contributed by atoms with E-state index < -0.39 is 42.5 Å². The van der Waals surface area contributed by atoms with Crippen molar-refractivity contribution in [1.29, 1.82) is 0 Å². The number of amides is 1. The molecule has 2 N–H and O–H groups in total. The van der Waals surface area contributed by atoms with E-state index in [-0.39, 0.29) is 31.5 Å². The standard InChI is InChI=1S/C44H75NO8/c1-5-7-9-11-13-15-16-18-20-22-27-31-39(47)51-36(30-26-21-19-17-14-12-10-8-6-2)32-38(46)45-40-41(48)42-37(34-50-44(3,4)53-42)52-43(40)49-33-35-28-24-23-25-29-35/h23-25,28-29,36-37,40-43,48H,5-22,26-27,30-34H2,1-4H3,(H,45,46)/t36-,37+,40+,41+,42+,43+/m0/s1. The Labute approximate surface area is 322 Å². The molecule has 0 radical (unpaired) electrons. The molecule has 0 saturated carbocycles. The van der Waals surface area contributed by atoms with Crippen molar-refractivity contribution in [3.05, 3.63) is 35.9 Å². The molecule has 1 aromatic rings. The third-order valence-electron chi connectivity index (χ3n) is 10.6. The van der Waals surface area contributed by atoms with Crippen LogP contribution in [0.5, 0.6) is 0 Å².